The molecule has 0 bridgehead atoms. The van der Waals surface area contributed by atoms with Gasteiger partial charge >= 0.3 is 0 Å². The first-order valence-electron chi connectivity index (χ1n) is 9.86. The van der Waals surface area contributed by atoms with Crippen LogP contribution in [0.5, 0.6) is 0 Å². The molecule has 2 aromatic rings. The molecule has 0 aliphatic heterocycles. The topological polar surface area (TPSA) is 103 Å². The van der Waals surface area contributed by atoms with Crippen molar-refractivity contribution in [1.29, 1.82) is 0 Å². The van der Waals surface area contributed by atoms with Crippen LogP contribution in [0.15, 0.2) is 42.6 Å². The van der Waals surface area contributed by atoms with Crippen LogP contribution in [-0.4, -0.2) is 59.8 Å². The number of thioether (sulfide) groups is 1. The molecule has 0 spiro atoms. The first kappa shape index (κ1) is 23.7. The van der Waals surface area contributed by atoms with Crippen molar-refractivity contribution in [2.45, 2.75) is 38.4 Å². The zero-order valence-corrected chi connectivity index (χ0v) is 18.5. The van der Waals surface area contributed by atoms with Gasteiger partial charge in [-0.25, -0.2) is 0 Å². The smallest absolute Gasteiger partial charge is 0.242 e. The molecule has 2 rings (SSSR count). The molecule has 1 aromatic heterocycles. The van der Waals surface area contributed by atoms with Crippen LogP contribution in [0.25, 0.3) is 10.9 Å². The summed E-state index contributed by atoms with van der Waals surface area (Å²) in [4.78, 5) is 39.7. The molecule has 3 atom stereocenters. The van der Waals surface area contributed by atoms with E-state index in [4.69, 9.17) is 0 Å². The monoisotopic (exact) mass is 430 g/mol. The molecule has 30 heavy (non-hydrogen) atoms. The number of hydrogen-bond acceptors (Lipinski definition) is 5. The molecule has 0 radical (unpaired) electrons. The minimum atomic E-state index is -0.759. The summed E-state index contributed by atoms with van der Waals surface area (Å²) < 4.78 is 0. The second kappa shape index (κ2) is 11.6. The van der Waals surface area contributed by atoms with Crippen LogP contribution in [-0.2, 0) is 20.8 Å². The maximum absolute atomic E-state index is 12.5. The van der Waals surface area contributed by atoms with Crippen LogP contribution >= 0.6 is 11.8 Å². The van der Waals surface area contributed by atoms with Crippen LogP contribution in [0.1, 0.15) is 19.4 Å². The predicted octanol–water partition coefficient (Wildman–Crippen LogP) is 1.80. The molecule has 0 saturated heterocycles. The van der Waals surface area contributed by atoms with E-state index in [2.05, 4.69) is 27.5 Å². The summed E-state index contributed by atoms with van der Waals surface area (Å²) in [5.41, 5.74) is 2.97. The SMILES string of the molecule is C=C(C)CSC[C@H](NC)C(=O)N[C@@H](C)C(=O)N[C@H](C=O)Cc1c[nH]c2ccccc12. The van der Waals surface area contributed by atoms with Crippen LogP contribution in [0, 0.1) is 0 Å². The minimum absolute atomic E-state index is 0.256. The fourth-order valence-electron chi connectivity index (χ4n) is 3.00. The number of carbonyl (C=O) groups excluding carboxylic acids is 3. The largest absolute Gasteiger partial charge is 0.361 e. The molecule has 0 fully saturated rings. The number of nitrogens with one attached hydrogen (secondary N) is 4. The Morgan fingerprint density at radius 3 is 2.63 bits per heavy atom. The second-order valence-electron chi connectivity index (χ2n) is 7.36. The molecule has 2 amide bonds. The van der Waals surface area contributed by atoms with Crippen molar-refractivity contribution in [2.24, 2.45) is 0 Å². The highest BCUT2D eigenvalue weighted by molar-refractivity contribution is 7.99. The lowest BCUT2D eigenvalue weighted by atomic mass is 10.1. The molecule has 7 nitrogen and oxygen atoms in total. The number of likely N-dealkylation sites (N-methyl/N-ethyl adjacent to an activating group) is 1. The van der Waals surface area contributed by atoms with E-state index in [0.717, 1.165) is 34.1 Å². The third-order valence-corrected chi connectivity index (χ3v) is 5.92. The maximum atomic E-state index is 12.5. The molecule has 0 unspecified atom stereocenters. The zero-order chi connectivity index (χ0) is 22.1. The van der Waals surface area contributed by atoms with Crippen molar-refractivity contribution in [3.8, 4) is 0 Å². The van der Waals surface area contributed by atoms with E-state index < -0.39 is 24.0 Å². The molecule has 8 heteroatoms. The number of rotatable bonds is 12. The Hall–Kier alpha value is -2.58. The van der Waals surface area contributed by atoms with Gasteiger partial charge in [0.1, 0.15) is 12.3 Å². The highest BCUT2D eigenvalue weighted by atomic mass is 32.2. The lowest BCUT2D eigenvalue weighted by Crippen LogP contribution is -2.53. The quantitative estimate of drug-likeness (QED) is 0.304. The first-order valence-corrected chi connectivity index (χ1v) is 11.0. The molecule has 1 aromatic carbocycles. The highest BCUT2D eigenvalue weighted by Crippen LogP contribution is 2.18. The molecular formula is C22H30N4O3S. The predicted molar refractivity (Wildman–Crippen MR) is 123 cm³/mol. The summed E-state index contributed by atoms with van der Waals surface area (Å²) in [5, 5.41) is 9.41. The Bertz CT molecular complexity index is 895. The minimum Gasteiger partial charge on any atom is -0.361 e. The Morgan fingerprint density at radius 2 is 1.97 bits per heavy atom. The van der Waals surface area contributed by atoms with Gasteiger partial charge in [-0.2, -0.15) is 11.8 Å². The highest BCUT2D eigenvalue weighted by Gasteiger charge is 2.23. The number of aldehydes is 1. The van der Waals surface area contributed by atoms with E-state index in [9.17, 15) is 14.4 Å². The lowest BCUT2D eigenvalue weighted by Gasteiger charge is -2.21. The van der Waals surface area contributed by atoms with Crippen molar-refractivity contribution in [3.05, 3.63) is 48.2 Å². The summed E-state index contributed by atoms with van der Waals surface area (Å²) in [6.07, 6.45) is 2.94. The van der Waals surface area contributed by atoms with Gasteiger partial charge < -0.3 is 25.7 Å². The van der Waals surface area contributed by atoms with E-state index in [1.165, 1.54) is 0 Å². The van der Waals surface area contributed by atoms with Crippen molar-refractivity contribution >= 4 is 40.8 Å². The third kappa shape index (κ3) is 6.74. The lowest BCUT2D eigenvalue weighted by molar-refractivity contribution is -0.130. The fourth-order valence-corrected chi connectivity index (χ4v) is 4.02. The van der Waals surface area contributed by atoms with Gasteiger partial charge in [0.25, 0.3) is 0 Å². The van der Waals surface area contributed by atoms with Gasteiger partial charge in [0, 0.05) is 35.0 Å². The normalized spacial score (nSPS) is 14.0. The van der Waals surface area contributed by atoms with E-state index in [1.54, 1.807) is 25.7 Å². The van der Waals surface area contributed by atoms with Crippen LogP contribution in [0.4, 0.5) is 0 Å². The summed E-state index contributed by atoms with van der Waals surface area (Å²) >= 11 is 1.60. The van der Waals surface area contributed by atoms with Gasteiger partial charge in [-0.15, -0.1) is 0 Å². The molecular weight excluding hydrogens is 400 g/mol. The number of aromatic nitrogens is 1. The second-order valence-corrected chi connectivity index (χ2v) is 8.39. The molecule has 162 valence electrons. The Labute approximate surface area is 181 Å². The number of H-pyrrole nitrogens is 1. The number of carbonyl (C=O) groups is 3. The number of benzene rings is 1. The molecule has 0 aliphatic carbocycles. The molecule has 4 N–H and O–H groups in total. The van der Waals surface area contributed by atoms with Gasteiger partial charge in [0.2, 0.25) is 11.8 Å². The zero-order valence-electron chi connectivity index (χ0n) is 17.7. The van der Waals surface area contributed by atoms with Crippen molar-refractivity contribution in [3.63, 3.8) is 0 Å². The molecule has 0 aliphatic rings. The summed E-state index contributed by atoms with van der Waals surface area (Å²) in [5.74, 6) is 0.690. The summed E-state index contributed by atoms with van der Waals surface area (Å²) in [7, 11) is 1.71. The average Bonchev–Trinajstić information content (AvgIpc) is 3.13. The van der Waals surface area contributed by atoms with Crippen LogP contribution < -0.4 is 16.0 Å². The Morgan fingerprint density at radius 1 is 1.23 bits per heavy atom. The average molecular weight is 431 g/mol. The van der Waals surface area contributed by atoms with E-state index in [-0.39, 0.29) is 5.91 Å². The van der Waals surface area contributed by atoms with E-state index in [0.29, 0.717) is 12.2 Å². The summed E-state index contributed by atoms with van der Waals surface area (Å²) in [6.45, 7) is 7.39. The van der Waals surface area contributed by atoms with Gasteiger partial charge in [-0.3, -0.25) is 9.59 Å². The maximum Gasteiger partial charge on any atom is 0.242 e. The fraction of sp³-hybridized carbons (Fsp3) is 0.409. The standard InChI is InChI=1S/C22H30N4O3S/c1-14(2)12-30-13-20(23-4)22(29)25-15(3)21(28)26-17(11-27)9-16-10-24-19-8-6-5-7-18(16)19/h5-8,10-11,15,17,20,23-24H,1,9,12-13H2,2-4H3,(H,25,29)(H,26,28)/t15-,17-,20-/m0/s1. The van der Waals surface area contributed by atoms with Crippen LogP contribution in [0.3, 0.4) is 0 Å². The van der Waals surface area contributed by atoms with Gasteiger partial charge in [-0.05, 0) is 32.5 Å². The van der Waals surface area contributed by atoms with Crippen molar-refractivity contribution in [2.75, 3.05) is 18.6 Å². The van der Waals surface area contributed by atoms with Crippen molar-refractivity contribution < 1.29 is 14.4 Å². The number of fused-ring (bicyclic) bond motifs is 1. The third-order valence-electron chi connectivity index (χ3n) is 4.66. The van der Waals surface area contributed by atoms with E-state index in [1.807, 2.05) is 37.4 Å². The van der Waals surface area contributed by atoms with E-state index >= 15 is 0 Å². The van der Waals surface area contributed by atoms with Gasteiger partial charge in [0.05, 0.1) is 12.1 Å². The van der Waals surface area contributed by atoms with Crippen molar-refractivity contribution in [1.82, 2.24) is 20.9 Å². The molecule has 1 heterocycles. The van der Waals surface area contributed by atoms with Crippen LogP contribution in [0.2, 0.25) is 0 Å². The Balaban J connectivity index is 1.90. The first-order chi connectivity index (χ1) is 14.3. The Kier molecular flexibility index (Phi) is 9.14. The number of aromatic amines is 1. The van der Waals surface area contributed by atoms with Gasteiger partial charge in [0.15, 0.2) is 0 Å². The molecule has 0 saturated carbocycles. The number of para-hydroxylation sites is 1. The summed E-state index contributed by atoms with van der Waals surface area (Å²) in [6, 6.07) is 5.93. The number of amides is 2. The number of hydrogen-bond donors (Lipinski definition) is 4. The van der Waals surface area contributed by atoms with Gasteiger partial charge in [-0.1, -0.05) is 30.4 Å².